The SMILES string of the molecule is CCCCCCCCCCCCCCCCCC(=O)OC[C@H](COP(=O)(O)OC[C@@H](O)COP(=O)(O)OC[C@@H](COC(=O)CCCCCCCCCCCCCCC)OC(=O)CCCCCCCCCCCCC(C)C)OC(=O)CCCCCCCCCCCCCCCCCCCCC(C)CC. The summed E-state index contributed by atoms with van der Waals surface area (Å²) in [5.41, 5.74) is 0. The predicted octanol–water partition coefficient (Wildman–Crippen LogP) is 25.5. The van der Waals surface area contributed by atoms with Crippen LogP contribution in [0.1, 0.15) is 446 Å². The summed E-state index contributed by atoms with van der Waals surface area (Å²) in [6, 6.07) is 0. The summed E-state index contributed by atoms with van der Waals surface area (Å²) in [6.45, 7) is 9.72. The molecule has 0 heterocycles. The van der Waals surface area contributed by atoms with Crippen LogP contribution in [0.4, 0.5) is 0 Å². The minimum atomic E-state index is -4.96. The second-order valence-electron chi connectivity index (χ2n) is 30.9. The molecule has 0 radical (unpaired) electrons. The number of carbonyl (C=O) groups excluding carboxylic acids is 4. The van der Waals surface area contributed by atoms with Crippen molar-refractivity contribution in [2.45, 2.75) is 464 Å². The first-order valence-electron chi connectivity index (χ1n) is 43.5. The maximum absolute atomic E-state index is 13.1. The van der Waals surface area contributed by atoms with Crippen LogP contribution >= 0.6 is 15.6 Å². The Labute approximate surface area is 632 Å². The van der Waals surface area contributed by atoms with E-state index in [1.54, 1.807) is 0 Å². The van der Waals surface area contributed by atoms with Crippen LogP contribution in [-0.2, 0) is 65.4 Å². The van der Waals surface area contributed by atoms with Crippen LogP contribution in [0.5, 0.6) is 0 Å². The molecule has 0 spiro atoms. The molecule has 0 saturated carbocycles. The van der Waals surface area contributed by atoms with Gasteiger partial charge in [-0.05, 0) is 37.5 Å². The fraction of sp³-hybridized carbons (Fsp3) is 0.952. The second kappa shape index (κ2) is 75.5. The van der Waals surface area contributed by atoms with Crippen molar-refractivity contribution in [1.29, 1.82) is 0 Å². The van der Waals surface area contributed by atoms with Gasteiger partial charge in [0.1, 0.15) is 19.3 Å². The van der Waals surface area contributed by atoms with E-state index in [4.69, 9.17) is 37.0 Å². The summed E-state index contributed by atoms with van der Waals surface area (Å²) < 4.78 is 68.8. The number of unbranched alkanes of at least 4 members (excludes halogenated alkanes) is 52. The fourth-order valence-corrected chi connectivity index (χ4v) is 14.6. The smallest absolute Gasteiger partial charge is 0.462 e. The number of carbonyl (C=O) groups is 4. The van der Waals surface area contributed by atoms with Crippen molar-refractivity contribution >= 4 is 39.5 Å². The van der Waals surface area contributed by atoms with Gasteiger partial charge in [-0.1, -0.05) is 395 Å². The zero-order valence-electron chi connectivity index (χ0n) is 67.6. The lowest BCUT2D eigenvalue weighted by molar-refractivity contribution is -0.161. The Morgan fingerprint density at radius 2 is 0.495 bits per heavy atom. The number of hydrogen-bond acceptors (Lipinski definition) is 15. The molecule has 0 aliphatic carbocycles. The van der Waals surface area contributed by atoms with Gasteiger partial charge in [0, 0.05) is 25.7 Å². The lowest BCUT2D eigenvalue weighted by Crippen LogP contribution is -2.30. The molecule has 19 heteroatoms. The number of aliphatic hydroxyl groups excluding tert-OH is 1. The molecule has 6 atom stereocenters. The van der Waals surface area contributed by atoms with Gasteiger partial charge in [-0.25, -0.2) is 9.13 Å². The molecule has 0 rings (SSSR count). The highest BCUT2D eigenvalue weighted by molar-refractivity contribution is 7.47. The van der Waals surface area contributed by atoms with Gasteiger partial charge in [-0.2, -0.15) is 0 Å². The van der Waals surface area contributed by atoms with Crippen molar-refractivity contribution in [2.24, 2.45) is 11.8 Å². The summed E-state index contributed by atoms with van der Waals surface area (Å²) in [5, 5.41) is 10.7. The van der Waals surface area contributed by atoms with Crippen LogP contribution in [0.25, 0.3) is 0 Å². The molecule has 0 bridgehead atoms. The van der Waals surface area contributed by atoms with Crippen molar-refractivity contribution in [3.05, 3.63) is 0 Å². The first-order chi connectivity index (χ1) is 49.9. The normalized spacial score (nSPS) is 14.1. The van der Waals surface area contributed by atoms with Crippen molar-refractivity contribution in [1.82, 2.24) is 0 Å². The van der Waals surface area contributed by atoms with Crippen LogP contribution < -0.4 is 0 Å². The standard InChI is InChI=1S/C84H164O17P2/c1-7-10-12-14-16-18-20-22-27-32-36-43-49-55-61-67-82(87)95-72-79(100-83(88)68-62-56-50-44-37-33-29-26-24-23-25-28-31-34-41-47-53-59-65-77(6)9-3)74-98-102(90,91)96-70-78(85)71-97-103(92,93)99-75-80(101-84(89)69-63-57-51-45-39-38-40-46-52-58-64-76(4)5)73-94-81(86)66-60-54-48-42-35-30-21-19-17-15-13-11-8-2/h76-80,85H,7-75H2,1-6H3,(H,90,91)(H,92,93)/t77?,78-,79-,80-/m1/s1. The molecule has 3 unspecified atom stereocenters. The summed E-state index contributed by atoms with van der Waals surface area (Å²) in [6.07, 6.45) is 66.5. The third-order valence-corrected chi connectivity index (χ3v) is 22.0. The Kier molecular flexibility index (Phi) is 74.1. The molecular weight excluding hydrogens is 1340 g/mol. The molecule has 3 N–H and O–H groups in total. The fourth-order valence-electron chi connectivity index (χ4n) is 13.0. The van der Waals surface area contributed by atoms with Gasteiger partial charge in [-0.3, -0.25) is 37.3 Å². The van der Waals surface area contributed by atoms with Crippen molar-refractivity contribution in [2.75, 3.05) is 39.6 Å². The molecule has 0 amide bonds. The van der Waals surface area contributed by atoms with Crippen LogP contribution in [-0.4, -0.2) is 96.7 Å². The molecular formula is C84H164O17P2. The number of phosphoric acid groups is 2. The van der Waals surface area contributed by atoms with Crippen LogP contribution in [0.15, 0.2) is 0 Å². The van der Waals surface area contributed by atoms with E-state index in [-0.39, 0.29) is 25.7 Å². The predicted molar refractivity (Wildman–Crippen MR) is 423 cm³/mol. The quantitative estimate of drug-likeness (QED) is 0.0222. The Morgan fingerprint density at radius 3 is 0.738 bits per heavy atom. The minimum absolute atomic E-state index is 0.107. The number of aliphatic hydroxyl groups is 1. The Hall–Kier alpha value is -1.94. The summed E-state index contributed by atoms with van der Waals surface area (Å²) in [5.74, 6) is -0.480. The van der Waals surface area contributed by atoms with E-state index < -0.39 is 97.5 Å². The molecule has 0 fully saturated rings. The highest BCUT2D eigenvalue weighted by atomic mass is 31.2. The third kappa shape index (κ3) is 76.6. The Balaban J connectivity index is 5.23. The molecule has 0 aromatic rings. The Bertz CT molecular complexity index is 1980. The zero-order chi connectivity index (χ0) is 75.6. The van der Waals surface area contributed by atoms with E-state index in [1.165, 1.54) is 263 Å². The van der Waals surface area contributed by atoms with E-state index in [1.807, 2.05) is 0 Å². The van der Waals surface area contributed by atoms with E-state index in [0.717, 1.165) is 102 Å². The monoisotopic (exact) mass is 1510 g/mol. The first kappa shape index (κ1) is 101. The number of ether oxygens (including phenoxy) is 4. The van der Waals surface area contributed by atoms with E-state index in [0.29, 0.717) is 25.7 Å². The highest BCUT2D eigenvalue weighted by Gasteiger charge is 2.30. The molecule has 0 aromatic carbocycles. The summed E-state index contributed by atoms with van der Waals surface area (Å²) >= 11 is 0. The van der Waals surface area contributed by atoms with E-state index in [2.05, 4.69) is 41.5 Å². The van der Waals surface area contributed by atoms with Gasteiger partial charge in [0.15, 0.2) is 12.2 Å². The topological polar surface area (TPSA) is 237 Å². The first-order valence-corrected chi connectivity index (χ1v) is 46.5. The Morgan fingerprint density at radius 1 is 0.282 bits per heavy atom. The number of hydrogen-bond donors (Lipinski definition) is 3. The number of esters is 4. The van der Waals surface area contributed by atoms with Gasteiger partial charge in [0.25, 0.3) is 0 Å². The lowest BCUT2D eigenvalue weighted by atomic mass is 9.99. The zero-order valence-corrected chi connectivity index (χ0v) is 69.4. The molecule has 612 valence electrons. The van der Waals surface area contributed by atoms with Crippen LogP contribution in [0, 0.1) is 11.8 Å². The van der Waals surface area contributed by atoms with E-state index >= 15 is 0 Å². The molecule has 17 nitrogen and oxygen atoms in total. The van der Waals surface area contributed by atoms with Crippen LogP contribution in [0.3, 0.4) is 0 Å². The van der Waals surface area contributed by atoms with Crippen LogP contribution in [0.2, 0.25) is 0 Å². The van der Waals surface area contributed by atoms with Gasteiger partial charge < -0.3 is 33.8 Å². The number of phosphoric ester groups is 2. The average Bonchev–Trinajstić information content (AvgIpc) is 0.908. The number of rotatable bonds is 83. The highest BCUT2D eigenvalue weighted by Crippen LogP contribution is 2.45. The molecule has 0 saturated heterocycles. The third-order valence-electron chi connectivity index (χ3n) is 20.1. The lowest BCUT2D eigenvalue weighted by Gasteiger charge is -2.21. The van der Waals surface area contributed by atoms with Crippen molar-refractivity contribution in [3.8, 4) is 0 Å². The maximum atomic E-state index is 13.1. The minimum Gasteiger partial charge on any atom is -0.462 e. The van der Waals surface area contributed by atoms with Gasteiger partial charge in [0.2, 0.25) is 0 Å². The molecule has 0 aliphatic heterocycles. The van der Waals surface area contributed by atoms with Gasteiger partial charge in [-0.15, -0.1) is 0 Å². The molecule has 0 aromatic heterocycles. The molecule has 0 aliphatic rings. The van der Waals surface area contributed by atoms with Crippen molar-refractivity contribution in [3.63, 3.8) is 0 Å². The maximum Gasteiger partial charge on any atom is 0.472 e. The largest absolute Gasteiger partial charge is 0.472 e. The van der Waals surface area contributed by atoms with Gasteiger partial charge >= 0.3 is 39.5 Å². The molecule has 103 heavy (non-hydrogen) atoms. The summed E-state index contributed by atoms with van der Waals surface area (Å²) in [4.78, 5) is 73.1. The average molecular weight is 1510 g/mol. The van der Waals surface area contributed by atoms with Gasteiger partial charge in [0.05, 0.1) is 26.4 Å². The summed E-state index contributed by atoms with van der Waals surface area (Å²) in [7, 11) is -9.92. The van der Waals surface area contributed by atoms with Crippen molar-refractivity contribution < 1.29 is 80.2 Å². The van der Waals surface area contributed by atoms with E-state index in [9.17, 15) is 43.2 Å². The second-order valence-corrected chi connectivity index (χ2v) is 33.8.